The van der Waals surface area contributed by atoms with Crippen molar-refractivity contribution in [3.63, 3.8) is 0 Å². The van der Waals surface area contributed by atoms with Crippen molar-refractivity contribution in [2.24, 2.45) is 0 Å². The van der Waals surface area contributed by atoms with E-state index in [9.17, 15) is 17.6 Å². The van der Waals surface area contributed by atoms with Gasteiger partial charge in [0.15, 0.2) is 11.6 Å². The van der Waals surface area contributed by atoms with Crippen LogP contribution in [-0.4, -0.2) is 28.5 Å². The van der Waals surface area contributed by atoms with Crippen LogP contribution in [0.1, 0.15) is 10.4 Å². The number of rotatable bonds is 6. The van der Waals surface area contributed by atoms with Gasteiger partial charge in [-0.3, -0.25) is 9.10 Å². The van der Waals surface area contributed by atoms with E-state index in [1.807, 2.05) is 0 Å². The fourth-order valence-electron chi connectivity index (χ4n) is 2.72. The summed E-state index contributed by atoms with van der Waals surface area (Å²) in [6.07, 6.45) is 0. The molecule has 1 N–H and O–H groups in total. The van der Waals surface area contributed by atoms with Crippen molar-refractivity contribution in [3.8, 4) is 5.75 Å². The van der Waals surface area contributed by atoms with E-state index < -0.39 is 21.7 Å². The summed E-state index contributed by atoms with van der Waals surface area (Å²) >= 11 is 6.12. The summed E-state index contributed by atoms with van der Waals surface area (Å²) in [5, 5.41) is 2.56. The average Bonchev–Trinajstić information content (AvgIpc) is 2.74. The van der Waals surface area contributed by atoms with Gasteiger partial charge in [0.25, 0.3) is 15.9 Å². The second-order valence-corrected chi connectivity index (χ2v) is 8.63. The maximum absolute atomic E-state index is 13.9. The van der Waals surface area contributed by atoms with E-state index in [4.69, 9.17) is 16.3 Å². The van der Waals surface area contributed by atoms with Gasteiger partial charge in [0, 0.05) is 18.8 Å². The number of hydrogen-bond acceptors (Lipinski definition) is 4. The second-order valence-electron chi connectivity index (χ2n) is 6.25. The summed E-state index contributed by atoms with van der Waals surface area (Å²) in [6.45, 7) is 0. The Morgan fingerprint density at radius 3 is 2.40 bits per heavy atom. The fraction of sp³-hybridized carbons (Fsp3) is 0.0952. The third-order valence-electron chi connectivity index (χ3n) is 4.37. The molecule has 0 saturated heterocycles. The number of anilines is 2. The van der Waals surface area contributed by atoms with Gasteiger partial charge < -0.3 is 10.1 Å². The van der Waals surface area contributed by atoms with Crippen LogP contribution in [0, 0.1) is 5.82 Å². The second kappa shape index (κ2) is 8.73. The molecule has 6 nitrogen and oxygen atoms in total. The molecule has 3 aromatic rings. The molecular weight excluding hydrogens is 431 g/mol. The van der Waals surface area contributed by atoms with Crippen LogP contribution in [0.5, 0.6) is 5.75 Å². The quantitative estimate of drug-likeness (QED) is 0.599. The molecule has 9 heteroatoms. The van der Waals surface area contributed by atoms with Crippen molar-refractivity contribution >= 4 is 38.9 Å². The lowest BCUT2D eigenvalue weighted by atomic mass is 10.2. The average molecular weight is 449 g/mol. The van der Waals surface area contributed by atoms with Crippen LogP contribution in [0.25, 0.3) is 0 Å². The van der Waals surface area contributed by atoms with E-state index in [2.05, 4.69) is 5.32 Å². The Kier molecular flexibility index (Phi) is 6.28. The van der Waals surface area contributed by atoms with Crippen LogP contribution < -0.4 is 14.4 Å². The summed E-state index contributed by atoms with van der Waals surface area (Å²) in [5.41, 5.74) is 0.576. The van der Waals surface area contributed by atoms with Crippen molar-refractivity contribution in [2.45, 2.75) is 4.90 Å². The number of ether oxygens (including phenoxy) is 1. The predicted octanol–water partition coefficient (Wildman–Crippen LogP) is 4.57. The molecule has 30 heavy (non-hydrogen) atoms. The summed E-state index contributed by atoms with van der Waals surface area (Å²) in [7, 11) is -1.19. The maximum Gasteiger partial charge on any atom is 0.264 e. The number of amides is 1. The minimum atomic E-state index is -3.94. The fourth-order valence-corrected chi connectivity index (χ4v) is 4.14. The van der Waals surface area contributed by atoms with Crippen LogP contribution in [0.3, 0.4) is 0 Å². The first-order chi connectivity index (χ1) is 14.2. The van der Waals surface area contributed by atoms with Gasteiger partial charge in [-0.1, -0.05) is 29.8 Å². The summed E-state index contributed by atoms with van der Waals surface area (Å²) in [5.74, 6) is -1.30. The maximum atomic E-state index is 13.9. The smallest absolute Gasteiger partial charge is 0.264 e. The molecule has 0 fully saturated rings. The number of carbonyl (C=O) groups excluding carboxylic acids is 1. The van der Waals surface area contributed by atoms with E-state index in [-0.39, 0.29) is 26.9 Å². The lowest BCUT2D eigenvalue weighted by Crippen LogP contribution is -2.27. The third-order valence-corrected chi connectivity index (χ3v) is 6.48. The molecule has 3 rings (SSSR count). The molecular formula is C21H18ClFN2O4S. The standard InChI is InChI=1S/C21H18ClFN2O4S/c1-25(15-6-4-3-5-7-15)30(27,28)16-9-10-18(22)17(13-16)21(26)24-14-8-11-20(29-2)19(23)12-14/h3-13H,1-2H3,(H,24,26). The van der Waals surface area contributed by atoms with E-state index in [1.54, 1.807) is 30.3 Å². The van der Waals surface area contributed by atoms with E-state index >= 15 is 0 Å². The van der Waals surface area contributed by atoms with Crippen molar-refractivity contribution in [1.29, 1.82) is 0 Å². The molecule has 3 aromatic carbocycles. The van der Waals surface area contributed by atoms with Crippen LogP contribution >= 0.6 is 11.6 Å². The molecule has 0 atom stereocenters. The van der Waals surface area contributed by atoms with Gasteiger partial charge in [-0.2, -0.15) is 0 Å². The zero-order valence-corrected chi connectivity index (χ0v) is 17.7. The van der Waals surface area contributed by atoms with Gasteiger partial charge in [0.2, 0.25) is 0 Å². The zero-order chi connectivity index (χ0) is 21.9. The summed E-state index contributed by atoms with van der Waals surface area (Å²) < 4.78 is 45.8. The molecule has 0 radical (unpaired) electrons. The number of nitrogens with one attached hydrogen (secondary N) is 1. The molecule has 0 aliphatic rings. The minimum Gasteiger partial charge on any atom is -0.494 e. The first-order valence-electron chi connectivity index (χ1n) is 8.72. The Morgan fingerprint density at radius 1 is 1.07 bits per heavy atom. The van der Waals surface area contributed by atoms with Gasteiger partial charge in [-0.25, -0.2) is 12.8 Å². The number of methoxy groups -OCH3 is 1. The Bertz CT molecular complexity index is 1190. The van der Waals surface area contributed by atoms with Gasteiger partial charge >= 0.3 is 0 Å². The van der Waals surface area contributed by atoms with Gasteiger partial charge in [0.1, 0.15) is 0 Å². The molecule has 0 unspecified atom stereocenters. The molecule has 0 aliphatic carbocycles. The predicted molar refractivity (Wildman–Crippen MR) is 114 cm³/mol. The summed E-state index contributed by atoms with van der Waals surface area (Å²) in [6, 6.07) is 16.3. The van der Waals surface area contributed by atoms with Gasteiger partial charge in [0.05, 0.1) is 28.3 Å². The first kappa shape index (κ1) is 21.6. The Hall–Kier alpha value is -3.10. The monoisotopic (exact) mass is 448 g/mol. The lowest BCUT2D eigenvalue weighted by molar-refractivity contribution is 0.102. The Labute approximate surface area is 178 Å². The number of carbonyl (C=O) groups is 1. The van der Waals surface area contributed by atoms with E-state index in [0.717, 1.165) is 10.4 Å². The van der Waals surface area contributed by atoms with E-state index in [0.29, 0.717) is 5.69 Å². The largest absolute Gasteiger partial charge is 0.494 e. The highest BCUT2D eigenvalue weighted by Crippen LogP contribution is 2.27. The Balaban J connectivity index is 1.91. The highest BCUT2D eigenvalue weighted by molar-refractivity contribution is 7.92. The normalized spacial score (nSPS) is 11.1. The van der Waals surface area contributed by atoms with Crippen LogP contribution in [0.15, 0.2) is 71.6 Å². The van der Waals surface area contributed by atoms with Crippen molar-refractivity contribution in [1.82, 2.24) is 0 Å². The number of hydrogen-bond donors (Lipinski definition) is 1. The molecule has 0 aliphatic heterocycles. The third kappa shape index (κ3) is 4.39. The highest BCUT2D eigenvalue weighted by Gasteiger charge is 2.24. The van der Waals surface area contributed by atoms with Crippen molar-refractivity contribution in [3.05, 3.63) is 83.1 Å². The number of benzene rings is 3. The number of para-hydroxylation sites is 1. The topological polar surface area (TPSA) is 75.7 Å². The number of halogens is 2. The molecule has 0 saturated carbocycles. The zero-order valence-electron chi connectivity index (χ0n) is 16.1. The lowest BCUT2D eigenvalue weighted by Gasteiger charge is -2.20. The van der Waals surface area contributed by atoms with E-state index in [1.165, 1.54) is 44.5 Å². The molecule has 156 valence electrons. The van der Waals surface area contributed by atoms with Crippen molar-refractivity contribution < 1.29 is 22.3 Å². The highest BCUT2D eigenvalue weighted by atomic mass is 35.5. The summed E-state index contributed by atoms with van der Waals surface area (Å²) in [4.78, 5) is 12.6. The van der Waals surface area contributed by atoms with Gasteiger partial charge in [-0.15, -0.1) is 0 Å². The van der Waals surface area contributed by atoms with Crippen molar-refractivity contribution in [2.75, 3.05) is 23.8 Å². The molecule has 0 bridgehead atoms. The van der Waals surface area contributed by atoms with Crippen LogP contribution in [-0.2, 0) is 10.0 Å². The number of nitrogens with zero attached hydrogens (tertiary/aromatic N) is 1. The number of sulfonamides is 1. The first-order valence-corrected chi connectivity index (χ1v) is 10.5. The Morgan fingerprint density at radius 2 is 1.77 bits per heavy atom. The molecule has 1 amide bonds. The molecule has 0 heterocycles. The van der Waals surface area contributed by atoms with Gasteiger partial charge in [-0.05, 0) is 42.5 Å². The van der Waals surface area contributed by atoms with Crippen LogP contribution in [0.4, 0.5) is 15.8 Å². The SMILES string of the molecule is COc1ccc(NC(=O)c2cc(S(=O)(=O)N(C)c3ccccc3)ccc2Cl)cc1F. The van der Waals surface area contributed by atoms with Crippen LogP contribution in [0.2, 0.25) is 5.02 Å². The molecule has 0 aromatic heterocycles. The molecule has 0 spiro atoms. The minimum absolute atomic E-state index is 0.0306.